The molecule has 0 radical (unpaired) electrons. The van der Waals surface area contributed by atoms with E-state index in [0.717, 1.165) is 5.75 Å². The van der Waals surface area contributed by atoms with Crippen LogP contribution in [0.15, 0.2) is 0 Å². The second kappa shape index (κ2) is 4.51. The molecule has 4 heteroatoms. The summed E-state index contributed by atoms with van der Waals surface area (Å²) in [6.07, 6.45) is -4.33. The lowest BCUT2D eigenvalue weighted by molar-refractivity contribution is -0.0696. The van der Waals surface area contributed by atoms with Crippen LogP contribution in [0.25, 0.3) is 0 Å². The predicted molar refractivity (Wildman–Crippen MR) is 36.8 cm³/mol. The third kappa shape index (κ3) is 7.70. The van der Waals surface area contributed by atoms with Crippen LogP contribution in [0.4, 0.5) is 13.2 Å². The Labute approximate surface area is 62.2 Å². The summed E-state index contributed by atoms with van der Waals surface area (Å²) < 4.78 is 33.9. The number of thioether (sulfide) groups is 1. The van der Waals surface area contributed by atoms with Crippen molar-refractivity contribution < 1.29 is 13.2 Å². The van der Waals surface area contributed by atoms with Gasteiger partial charge in [-0.3, -0.25) is 0 Å². The van der Waals surface area contributed by atoms with Gasteiger partial charge in [0.15, 0.2) is 0 Å². The highest BCUT2D eigenvalue weighted by molar-refractivity contribution is 7.99. The van der Waals surface area contributed by atoms with Gasteiger partial charge in [-0.2, -0.15) is 13.2 Å². The molecule has 0 fully saturated rings. The van der Waals surface area contributed by atoms with E-state index in [1.165, 1.54) is 17.7 Å². The lowest BCUT2D eigenvalue weighted by Crippen LogP contribution is -2.01. The molecule has 0 N–H and O–H groups in total. The van der Waals surface area contributed by atoms with E-state index in [1.54, 1.807) is 0 Å². The van der Waals surface area contributed by atoms with E-state index in [0.29, 0.717) is 0 Å². The van der Waals surface area contributed by atoms with Gasteiger partial charge in [-0.15, -0.1) is 11.8 Å². The largest absolute Gasteiger partial charge is 0.457 e. The van der Waals surface area contributed by atoms with Crippen molar-refractivity contribution in [3.05, 3.63) is 0 Å². The van der Waals surface area contributed by atoms with Gasteiger partial charge in [-0.25, -0.2) is 0 Å². The second-order valence-corrected chi connectivity index (χ2v) is 2.71. The van der Waals surface area contributed by atoms with Crippen molar-refractivity contribution >= 4 is 11.8 Å². The molecule has 0 aromatic carbocycles. The Morgan fingerprint density at radius 1 is 1.40 bits per heavy atom. The SMILES string of the molecule is CCSCC#CC(F)(F)F. The van der Waals surface area contributed by atoms with Crippen molar-refractivity contribution in [3.63, 3.8) is 0 Å². The molecule has 0 bridgehead atoms. The normalized spacial score (nSPS) is 10.4. The van der Waals surface area contributed by atoms with Gasteiger partial charge in [0.2, 0.25) is 0 Å². The summed E-state index contributed by atoms with van der Waals surface area (Å²) in [6.45, 7) is 1.87. The third-order valence-electron chi connectivity index (χ3n) is 0.608. The lowest BCUT2D eigenvalue weighted by Gasteiger charge is -1.91. The molecular formula is C6H7F3S. The fourth-order valence-corrected chi connectivity index (χ4v) is 0.668. The number of hydrogen-bond acceptors (Lipinski definition) is 1. The molecule has 0 nitrogen and oxygen atoms in total. The van der Waals surface area contributed by atoms with Gasteiger partial charge in [0.1, 0.15) is 0 Å². The zero-order chi connectivity index (χ0) is 8.04. The van der Waals surface area contributed by atoms with Crippen molar-refractivity contribution in [3.8, 4) is 11.8 Å². The maximum Gasteiger partial charge on any atom is 0.457 e. The smallest absolute Gasteiger partial charge is 0.159 e. The summed E-state index contributed by atoms with van der Waals surface area (Å²) in [7, 11) is 0. The number of rotatable bonds is 2. The molecule has 0 unspecified atom stereocenters. The number of hydrogen-bond donors (Lipinski definition) is 0. The number of alkyl halides is 3. The van der Waals surface area contributed by atoms with E-state index in [2.05, 4.69) is 0 Å². The first-order valence-corrected chi connectivity index (χ1v) is 3.86. The average Bonchev–Trinajstić information content (AvgIpc) is 1.78. The molecule has 0 aliphatic carbocycles. The summed E-state index contributed by atoms with van der Waals surface area (Å²) in [5, 5.41) is 0. The van der Waals surface area contributed by atoms with E-state index < -0.39 is 6.18 Å². The number of halogens is 3. The molecule has 0 saturated heterocycles. The summed E-state index contributed by atoms with van der Waals surface area (Å²) in [4.78, 5) is 0. The Morgan fingerprint density at radius 3 is 2.40 bits per heavy atom. The molecule has 0 aliphatic heterocycles. The van der Waals surface area contributed by atoms with E-state index in [1.807, 2.05) is 12.8 Å². The summed E-state index contributed by atoms with van der Waals surface area (Å²) in [6, 6.07) is 0. The molecule has 0 aromatic heterocycles. The standard InChI is InChI=1S/C6H7F3S/c1-2-10-5-3-4-6(7,8)9/h2,5H2,1H3. The lowest BCUT2D eigenvalue weighted by atomic mass is 10.6. The van der Waals surface area contributed by atoms with Crippen LogP contribution in [-0.4, -0.2) is 17.7 Å². The monoisotopic (exact) mass is 168 g/mol. The molecule has 58 valence electrons. The summed E-state index contributed by atoms with van der Waals surface area (Å²) in [5.74, 6) is 4.26. The van der Waals surface area contributed by atoms with Crippen LogP contribution < -0.4 is 0 Å². The van der Waals surface area contributed by atoms with Gasteiger partial charge in [-0.05, 0) is 5.75 Å². The first-order valence-electron chi connectivity index (χ1n) is 2.70. The minimum atomic E-state index is -4.33. The quantitative estimate of drug-likeness (QED) is 0.450. The molecule has 0 aliphatic rings. The second-order valence-electron chi connectivity index (χ2n) is 1.44. The first kappa shape index (κ1) is 9.70. The zero-order valence-electron chi connectivity index (χ0n) is 5.46. The minimum Gasteiger partial charge on any atom is -0.159 e. The average molecular weight is 168 g/mol. The molecule has 0 spiro atoms. The highest BCUT2D eigenvalue weighted by Crippen LogP contribution is 2.11. The highest BCUT2D eigenvalue weighted by atomic mass is 32.2. The van der Waals surface area contributed by atoms with Crippen LogP contribution in [0.3, 0.4) is 0 Å². The Hall–Kier alpha value is -0.300. The van der Waals surface area contributed by atoms with Gasteiger partial charge in [-0.1, -0.05) is 12.8 Å². The summed E-state index contributed by atoms with van der Waals surface area (Å²) in [5.41, 5.74) is 0. The highest BCUT2D eigenvalue weighted by Gasteiger charge is 2.22. The Morgan fingerprint density at radius 2 is 2.00 bits per heavy atom. The topological polar surface area (TPSA) is 0 Å². The van der Waals surface area contributed by atoms with E-state index >= 15 is 0 Å². The first-order chi connectivity index (χ1) is 4.56. The van der Waals surface area contributed by atoms with E-state index in [-0.39, 0.29) is 5.75 Å². The summed E-state index contributed by atoms with van der Waals surface area (Å²) >= 11 is 1.38. The molecule has 0 rings (SSSR count). The molecule has 0 saturated carbocycles. The van der Waals surface area contributed by atoms with Gasteiger partial charge >= 0.3 is 6.18 Å². The Balaban J connectivity index is 3.50. The van der Waals surface area contributed by atoms with E-state index in [9.17, 15) is 13.2 Å². The maximum atomic E-state index is 11.3. The molecule has 0 atom stereocenters. The fourth-order valence-electron chi connectivity index (χ4n) is 0.289. The van der Waals surface area contributed by atoms with E-state index in [4.69, 9.17) is 0 Å². The van der Waals surface area contributed by atoms with Crippen LogP contribution in [0.2, 0.25) is 0 Å². The Kier molecular flexibility index (Phi) is 4.37. The van der Waals surface area contributed by atoms with Gasteiger partial charge in [0.05, 0.1) is 5.75 Å². The third-order valence-corrected chi connectivity index (χ3v) is 1.37. The van der Waals surface area contributed by atoms with Gasteiger partial charge < -0.3 is 0 Å². The van der Waals surface area contributed by atoms with Crippen molar-refractivity contribution in [1.82, 2.24) is 0 Å². The fraction of sp³-hybridized carbons (Fsp3) is 0.667. The predicted octanol–water partition coefficient (Wildman–Crippen LogP) is 2.31. The van der Waals surface area contributed by atoms with Crippen molar-refractivity contribution in [2.75, 3.05) is 11.5 Å². The van der Waals surface area contributed by atoms with Crippen LogP contribution in [-0.2, 0) is 0 Å². The van der Waals surface area contributed by atoms with Crippen molar-refractivity contribution in [2.45, 2.75) is 13.1 Å². The van der Waals surface area contributed by atoms with Crippen LogP contribution in [0.5, 0.6) is 0 Å². The van der Waals surface area contributed by atoms with Crippen molar-refractivity contribution in [1.29, 1.82) is 0 Å². The van der Waals surface area contributed by atoms with Crippen molar-refractivity contribution in [2.24, 2.45) is 0 Å². The van der Waals surface area contributed by atoms with Crippen LogP contribution >= 0.6 is 11.8 Å². The minimum absolute atomic E-state index is 0.260. The molecule has 0 heterocycles. The molecular weight excluding hydrogens is 161 g/mol. The van der Waals surface area contributed by atoms with Gasteiger partial charge in [0.25, 0.3) is 0 Å². The van der Waals surface area contributed by atoms with Crippen LogP contribution in [0, 0.1) is 11.8 Å². The zero-order valence-corrected chi connectivity index (χ0v) is 6.27. The molecule has 0 amide bonds. The molecule has 0 aromatic rings. The van der Waals surface area contributed by atoms with Gasteiger partial charge in [0, 0.05) is 5.92 Å². The van der Waals surface area contributed by atoms with Crippen LogP contribution in [0.1, 0.15) is 6.92 Å². The molecule has 10 heavy (non-hydrogen) atoms. The Bertz CT molecular complexity index is 139. The maximum absolute atomic E-state index is 11.3.